The first-order chi connectivity index (χ1) is 9.10. The van der Waals surface area contributed by atoms with E-state index in [0.717, 1.165) is 12.8 Å². The van der Waals surface area contributed by atoms with E-state index in [1.165, 1.54) is 0 Å². The number of rotatable bonds is 7. The van der Waals surface area contributed by atoms with E-state index in [0.29, 0.717) is 11.3 Å². The van der Waals surface area contributed by atoms with Gasteiger partial charge in [0.15, 0.2) is 5.78 Å². The van der Waals surface area contributed by atoms with E-state index in [2.05, 4.69) is 5.32 Å². The van der Waals surface area contributed by atoms with Crippen LogP contribution in [0.5, 0.6) is 5.75 Å². The van der Waals surface area contributed by atoms with Gasteiger partial charge in [0.05, 0.1) is 19.6 Å². The summed E-state index contributed by atoms with van der Waals surface area (Å²) in [5.74, 6) is -0.488. The molecule has 2 N–H and O–H groups in total. The van der Waals surface area contributed by atoms with E-state index in [9.17, 15) is 9.59 Å². The van der Waals surface area contributed by atoms with Crippen molar-refractivity contribution in [2.45, 2.75) is 31.3 Å². The van der Waals surface area contributed by atoms with E-state index < -0.39 is 12.0 Å². The van der Waals surface area contributed by atoms with Crippen LogP contribution in [0, 0.1) is 0 Å². The lowest BCUT2D eigenvalue weighted by Gasteiger charge is -2.15. The molecule has 2 rings (SSSR count). The molecule has 1 fully saturated rings. The zero-order valence-corrected chi connectivity index (χ0v) is 10.8. The van der Waals surface area contributed by atoms with Gasteiger partial charge in [0, 0.05) is 11.6 Å². The Balaban J connectivity index is 2.09. The van der Waals surface area contributed by atoms with Gasteiger partial charge in [0.1, 0.15) is 5.75 Å². The minimum atomic E-state index is -0.972. The largest absolute Gasteiger partial charge is 0.497 e. The van der Waals surface area contributed by atoms with Crippen molar-refractivity contribution in [3.8, 4) is 5.75 Å². The SMILES string of the molecule is COc1ccc(C(=O)C(CC(=O)O)NC2CC2)cc1. The number of carboxylic acid groups (broad SMARTS) is 1. The fourth-order valence-corrected chi connectivity index (χ4v) is 1.89. The monoisotopic (exact) mass is 263 g/mol. The number of benzene rings is 1. The fourth-order valence-electron chi connectivity index (χ4n) is 1.89. The molecule has 19 heavy (non-hydrogen) atoms. The molecular weight excluding hydrogens is 246 g/mol. The van der Waals surface area contributed by atoms with Crippen LogP contribution in [-0.4, -0.2) is 36.1 Å². The van der Waals surface area contributed by atoms with E-state index in [1.54, 1.807) is 31.4 Å². The number of Topliss-reactive ketones (excluding diaryl/α,β-unsaturated/α-hetero) is 1. The Morgan fingerprint density at radius 2 is 2.00 bits per heavy atom. The Bertz CT molecular complexity index is 465. The van der Waals surface area contributed by atoms with Crippen molar-refractivity contribution in [1.82, 2.24) is 5.32 Å². The molecule has 1 aliphatic rings. The van der Waals surface area contributed by atoms with Crippen LogP contribution < -0.4 is 10.1 Å². The predicted molar refractivity (Wildman–Crippen MR) is 69.5 cm³/mol. The molecule has 1 aliphatic carbocycles. The van der Waals surface area contributed by atoms with Gasteiger partial charge < -0.3 is 15.2 Å². The van der Waals surface area contributed by atoms with Crippen molar-refractivity contribution in [2.24, 2.45) is 0 Å². The summed E-state index contributed by atoms with van der Waals surface area (Å²) in [7, 11) is 1.55. The first kappa shape index (κ1) is 13.5. The van der Waals surface area contributed by atoms with E-state index in [-0.39, 0.29) is 18.2 Å². The van der Waals surface area contributed by atoms with Crippen molar-refractivity contribution in [1.29, 1.82) is 0 Å². The third-order valence-electron chi connectivity index (χ3n) is 3.08. The Hall–Kier alpha value is -1.88. The molecule has 0 heterocycles. The van der Waals surface area contributed by atoms with Crippen LogP contribution in [0.4, 0.5) is 0 Å². The zero-order valence-electron chi connectivity index (χ0n) is 10.8. The second-order valence-electron chi connectivity index (χ2n) is 4.68. The Labute approximate surface area is 111 Å². The quantitative estimate of drug-likeness (QED) is 0.729. The first-order valence-electron chi connectivity index (χ1n) is 6.26. The number of methoxy groups -OCH3 is 1. The molecule has 0 bridgehead atoms. The summed E-state index contributed by atoms with van der Waals surface area (Å²) in [4.78, 5) is 23.1. The number of nitrogens with one attached hydrogen (secondary N) is 1. The highest BCUT2D eigenvalue weighted by Crippen LogP contribution is 2.21. The lowest BCUT2D eigenvalue weighted by atomic mass is 10.0. The Morgan fingerprint density at radius 3 is 2.47 bits per heavy atom. The molecule has 1 atom stereocenters. The summed E-state index contributed by atoms with van der Waals surface area (Å²) < 4.78 is 5.03. The molecule has 0 spiro atoms. The van der Waals surface area contributed by atoms with Gasteiger partial charge in [-0.05, 0) is 37.1 Å². The number of carbonyl (C=O) groups excluding carboxylic acids is 1. The first-order valence-corrected chi connectivity index (χ1v) is 6.26. The topological polar surface area (TPSA) is 75.6 Å². The zero-order chi connectivity index (χ0) is 13.8. The summed E-state index contributed by atoms with van der Waals surface area (Å²) in [5, 5.41) is 12.0. The molecule has 1 unspecified atom stereocenters. The number of aliphatic carboxylic acids is 1. The lowest BCUT2D eigenvalue weighted by Crippen LogP contribution is -2.40. The summed E-state index contributed by atoms with van der Waals surface area (Å²) in [6.45, 7) is 0. The molecule has 1 aromatic rings. The van der Waals surface area contributed by atoms with Gasteiger partial charge >= 0.3 is 5.97 Å². The molecule has 0 saturated heterocycles. The molecule has 0 aromatic heterocycles. The number of carboxylic acids is 1. The van der Waals surface area contributed by atoms with Gasteiger partial charge in [-0.3, -0.25) is 9.59 Å². The Kier molecular flexibility index (Phi) is 4.16. The van der Waals surface area contributed by atoms with Crippen LogP contribution in [0.1, 0.15) is 29.6 Å². The van der Waals surface area contributed by atoms with Gasteiger partial charge in [-0.1, -0.05) is 0 Å². The second-order valence-corrected chi connectivity index (χ2v) is 4.68. The number of ether oxygens (including phenoxy) is 1. The van der Waals surface area contributed by atoms with Gasteiger partial charge in [0.25, 0.3) is 0 Å². The van der Waals surface area contributed by atoms with Gasteiger partial charge in [0.2, 0.25) is 0 Å². The molecule has 0 radical (unpaired) electrons. The highest BCUT2D eigenvalue weighted by atomic mass is 16.5. The van der Waals surface area contributed by atoms with Crippen molar-refractivity contribution in [3.05, 3.63) is 29.8 Å². The molecule has 0 aliphatic heterocycles. The fraction of sp³-hybridized carbons (Fsp3) is 0.429. The van der Waals surface area contributed by atoms with Crippen LogP contribution >= 0.6 is 0 Å². The highest BCUT2D eigenvalue weighted by molar-refractivity contribution is 6.01. The van der Waals surface area contributed by atoms with Crippen molar-refractivity contribution in [2.75, 3.05) is 7.11 Å². The maximum Gasteiger partial charge on any atom is 0.305 e. The van der Waals surface area contributed by atoms with Crippen molar-refractivity contribution < 1.29 is 19.4 Å². The molecule has 102 valence electrons. The van der Waals surface area contributed by atoms with Gasteiger partial charge in [-0.25, -0.2) is 0 Å². The summed E-state index contributed by atoms with van der Waals surface area (Å²) >= 11 is 0. The standard InChI is InChI=1S/C14H17NO4/c1-19-11-6-2-9(3-7-11)14(18)12(8-13(16)17)15-10-4-5-10/h2-3,6-7,10,12,15H,4-5,8H2,1H3,(H,16,17). The van der Waals surface area contributed by atoms with Gasteiger partial charge in [-0.2, -0.15) is 0 Å². The Morgan fingerprint density at radius 1 is 1.37 bits per heavy atom. The van der Waals surface area contributed by atoms with Crippen molar-refractivity contribution >= 4 is 11.8 Å². The molecular formula is C14H17NO4. The second kappa shape index (κ2) is 5.84. The normalized spacial score (nSPS) is 15.8. The molecule has 1 aromatic carbocycles. The predicted octanol–water partition coefficient (Wildman–Crippen LogP) is 1.47. The van der Waals surface area contributed by atoms with Crippen LogP contribution in [-0.2, 0) is 4.79 Å². The lowest BCUT2D eigenvalue weighted by molar-refractivity contribution is -0.137. The van der Waals surface area contributed by atoms with Crippen LogP contribution in [0.3, 0.4) is 0 Å². The van der Waals surface area contributed by atoms with E-state index >= 15 is 0 Å². The molecule has 1 saturated carbocycles. The van der Waals surface area contributed by atoms with E-state index in [1.807, 2.05) is 0 Å². The molecule has 0 amide bonds. The summed E-state index contributed by atoms with van der Waals surface area (Å²) in [5.41, 5.74) is 0.500. The highest BCUT2D eigenvalue weighted by Gasteiger charge is 2.30. The minimum absolute atomic E-state index is 0.183. The third-order valence-corrected chi connectivity index (χ3v) is 3.08. The van der Waals surface area contributed by atoms with E-state index in [4.69, 9.17) is 9.84 Å². The summed E-state index contributed by atoms with van der Waals surface area (Å²) in [6, 6.07) is 6.34. The minimum Gasteiger partial charge on any atom is -0.497 e. The van der Waals surface area contributed by atoms with Crippen LogP contribution in [0.15, 0.2) is 24.3 Å². The third kappa shape index (κ3) is 3.79. The average molecular weight is 263 g/mol. The maximum atomic E-state index is 12.3. The van der Waals surface area contributed by atoms with Crippen molar-refractivity contribution in [3.63, 3.8) is 0 Å². The van der Waals surface area contributed by atoms with Gasteiger partial charge in [-0.15, -0.1) is 0 Å². The van der Waals surface area contributed by atoms with Crippen LogP contribution in [0.2, 0.25) is 0 Å². The van der Waals surface area contributed by atoms with Crippen LogP contribution in [0.25, 0.3) is 0 Å². The smallest absolute Gasteiger partial charge is 0.305 e. The average Bonchev–Trinajstić information content (AvgIpc) is 3.21. The molecule has 5 nitrogen and oxygen atoms in total. The number of ketones is 1. The number of hydrogen-bond acceptors (Lipinski definition) is 4. The molecule has 5 heteroatoms. The maximum absolute atomic E-state index is 12.3. The summed E-state index contributed by atoms with van der Waals surface area (Å²) in [6.07, 6.45) is 1.82. The number of carbonyl (C=O) groups is 2. The number of hydrogen-bond donors (Lipinski definition) is 2.